The molecule has 1 heterocycles. The first-order valence-corrected chi connectivity index (χ1v) is 7.96. The van der Waals surface area contributed by atoms with Gasteiger partial charge in [-0.15, -0.1) is 0 Å². The molecule has 1 aromatic carbocycles. The third-order valence-corrected chi connectivity index (χ3v) is 4.27. The second kappa shape index (κ2) is 6.73. The van der Waals surface area contributed by atoms with Crippen LogP contribution in [0.2, 0.25) is 0 Å². The summed E-state index contributed by atoms with van der Waals surface area (Å²) in [6, 6.07) is 6.98. The van der Waals surface area contributed by atoms with E-state index < -0.39 is 5.91 Å². The van der Waals surface area contributed by atoms with E-state index in [4.69, 9.17) is 0 Å². The van der Waals surface area contributed by atoms with Gasteiger partial charge >= 0.3 is 0 Å². The SMILES string of the molecule is Cn1nc(C(=O)N/N=C\C2CCCCC2)c2ccccc2c1=O. The van der Waals surface area contributed by atoms with E-state index in [1.54, 1.807) is 24.3 Å². The molecule has 1 saturated carbocycles. The number of fused-ring (bicyclic) bond motifs is 1. The van der Waals surface area contributed by atoms with Crippen LogP contribution in [-0.4, -0.2) is 21.9 Å². The molecule has 1 aromatic heterocycles. The molecule has 0 aliphatic heterocycles. The van der Waals surface area contributed by atoms with E-state index in [-0.39, 0.29) is 11.3 Å². The summed E-state index contributed by atoms with van der Waals surface area (Å²) in [7, 11) is 1.54. The van der Waals surface area contributed by atoms with Gasteiger partial charge in [0.1, 0.15) is 0 Å². The van der Waals surface area contributed by atoms with Crippen molar-refractivity contribution in [3.8, 4) is 0 Å². The first kappa shape index (κ1) is 15.4. The lowest BCUT2D eigenvalue weighted by atomic mass is 9.90. The van der Waals surface area contributed by atoms with Gasteiger partial charge < -0.3 is 0 Å². The van der Waals surface area contributed by atoms with Crippen LogP contribution in [0.25, 0.3) is 10.8 Å². The zero-order valence-electron chi connectivity index (χ0n) is 13.2. The molecule has 23 heavy (non-hydrogen) atoms. The molecule has 0 unspecified atom stereocenters. The molecule has 0 atom stereocenters. The Bertz CT molecular complexity index is 804. The van der Waals surface area contributed by atoms with Gasteiger partial charge in [-0.2, -0.15) is 10.2 Å². The number of carbonyl (C=O) groups excluding carboxylic acids is 1. The Kier molecular flexibility index (Phi) is 4.50. The van der Waals surface area contributed by atoms with Crippen LogP contribution in [0.15, 0.2) is 34.2 Å². The molecule has 1 aliphatic carbocycles. The number of hydrazone groups is 1. The summed E-state index contributed by atoms with van der Waals surface area (Å²) < 4.78 is 1.18. The Labute approximate surface area is 134 Å². The topological polar surface area (TPSA) is 76.3 Å². The fourth-order valence-corrected chi connectivity index (χ4v) is 3.00. The molecule has 2 aromatic rings. The van der Waals surface area contributed by atoms with Gasteiger partial charge in [0.2, 0.25) is 0 Å². The van der Waals surface area contributed by atoms with Crippen LogP contribution < -0.4 is 11.0 Å². The van der Waals surface area contributed by atoms with Gasteiger partial charge in [0.15, 0.2) is 5.69 Å². The summed E-state index contributed by atoms with van der Waals surface area (Å²) in [6.07, 6.45) is 7.79. The van der Waals surface area contributed by atoms with Gasteiger partial charge in [0, 0.05) is 18.6 Å². The largest absolute Gasteiger partial charge is 0.292 e. The highest BCUT2D eigenvalue weighted by Gasteiger charge is 2.15. The minimum absolute atomic E-state index is 0.212. The lowest BCUT2D eigenvalue weighted by molar-refractivity contribution is 0.0949. The van der Waals surface area contributed by atoms with E-state index in [0.717, 1.165) is 12.8 Å². The fourth-order valence-electron chi connectivity index (χ4n) is 3.00. The van der Waals surface area contributed by atoms with E-state index in [0.29, 0.717) is 16.7 Å². The van der Waals surface area contributed by atoms with Crippen molar-refractivity contribution in [2.45, 2.75) is 32.1 Å². The Morgan fingerprint density at radius 1 is 1.26 bits per heavy atom. The zero-order chi connectivity index (χ0) is 16.2. The van der Waals surface area contributed by atoms with Crippen molar-refractivity contribution in [1.29, 1.82) is 0 Å². The van der Waals surface area contributed by atoms with Crippen molar-refractivity contribution in [2.75, 3.05) is 0 Å². The van der Waals surface area contributed by atoms with Gasteiger partial charge in [-0.1, -0.05) is 37.5 Å². The van der Waals surface area contributed by atoms with Crippen LogP contribution >= 0.6 is 0 Å². The maximum Gasteiger partial charge on any atom is 0.292 e. The maximum absolute atomic E-state index is 12.4. The number of aryl methyl sites for hydroxylation is 1. The average Bonchev–Trinajstić information content (AvgIpc) is 2.59. The van der Waals surface area contributed by atoms with Crippen LogP contribution in [0.3, 0.4) is 0 Å². The maximum atomic E-state index is 12.4. The van der Waals surface area contributed by atoms with Crippen molar-refractivity contribution in [3.05, 3.63) is 40.3 Å². The normalized spacial score (nSPS) is 16.0. The van der Waals surface area contributed by atoms with Crippen molar-refractivity contribution >= 4 is 22.9 Å². The molecule has 1 amide bonds. The smallest absolute Gasteiger partial charge is 0.267 e. The molecule has 1 N–H and O–H groups in total. The highest BCUT2D eigenvalue weighted by Crippen LogP contribution is 2.21. The van der Waals surface area contributed by atoms with Crippen molar-refractivity contribution in [3.63, 3.8) is 0 Å². The highest BCUT2D eigenvalue weighted by molar-refractivity contribution is 6.04. The van der Waals surface area contributed by atoms with Gasteiger partial charge in [0.25, 0.3) is 11.5 Å². The van der Waals surface area contributed by atoms with Crippen LogP contribution in [0, 0.1) is 5.92 Å². The number of nitrogens with one attached hydrogen (secondary N) is 1. The molecule has 0 saturated heterocycles. The molecule has 1 fully saturated rings. The summed E-state index contributed by atoms with van der Waals surface area (Å²) >= 11 is 0. The lowest BCUT2D eigenvalue weighted by Crippen LogP contribution is -2.27. The van der Waals surface area contributed by atoms with Gasteiger partial charge in [-0.3, -0.25) is 9.59 Å². The van der Waals surface area contributed by atoms with Gasteiger partial charge in [-0.25, -0.2) is 10.1 Å². The average molecular weight is 312 g/mol. The van der Waals surface area contributed by atoms with E-state index >= 15 is 0 Å². The highest BCUT2D eigenvalue weighted by atomic mass is 16.2. The lowest BCUT2D eigenvalue weighted by Gasteiger charge is -2.16. The van der Waals surface area contributed by atoms with Gasteiger partial charge in [0.05, 0.1) is 5.39 Å². The van der Waals surface area contributed by atoms with Gasteiger partial charge in [-0.05, 0) is 24.8 Å². The first-order chi connectivity index (χ1) is 11.2. The molecule has 0 spiro atoms. The fraction of sp³-hybridized carbons (Fsp3) is 0.412. The molecule has 3 rings (SSSR count). The van der Waals surface area contributed by atoms with E-state index in [1.807, 2.05) is 6.21 Å². The Balaban J connectivity index is 1.82. The molecule has 6 nitrogen and oxygen atoms in total. The minimum Gasteiger partial charge on any atom is -0.267 e. The third kappa shape index (κ3) is 3.31. The predicted molar refractivity (Wildman–Crippen MR) is 89.5 cm³/mol. The number of carbonyl (C=O) groups is 1. The molecular formula is C17H20N4O2. The van der Waals surface area contributed by atoms with Crippen molar-refractivity contribution < 1.29 is 4.79 Å². The summed E-state index contributed by atoms with van der Waals surface area (Å²) in [5, 5.41) is 9.18. The Morgan fingerprint density at radius 2 is 1.96 bits per heavy atom. The van der Waals surface area contributed by atoms with E-state index in [1.165, 1.54) is 31.0 Å². The number of amides is 1. The third-order valence-electron chi connectivity index (χ3n) is 4.27. The monoisotopic (exact) mass is 312 g/mol. The number of benzene rings is 1. The molecule has 6 heteroatoms. The van der Waals surface area contributed by atoms with Crippen LogP contribution in [0.4, 0.5) is 0 Å². The molecular weight excluding hydrogens is 292 g/mol. The Morgan fingerprint density at radius 3 is 2.70 bits per heavy atom. The molecule has 1 aliphatic rings. The summed E-state index contributed by atoms with van der Waals surface area (Å²) in [5.74, 6) is 0.0396. The number of nitrogens with zero attached hydrogens (tertiary/aromatic N) is 3. The second-order valence-corrected chi connectivity index (χ2v) is 5.94. The van der Waals surface area contributed by atoms with Crippen LogP contribution in [0.5, 0.6) is 0 Å². The zero-order valence-corrected chi connectivity index (χ0v) is 13.2. The number of aromatic nitrogens is 2. The minimum atomic E-state index is -0.399. The number of hydrogen-bond acceptors (Lipinski definition) is 4. The van der Waals surface area contributed by atoms with E-state index in [9.17, 15) is 9.59 Å². The quantitative estimate of drug-likeness (QED) is 0.697. The number of rotatable bonds is 3. The standard InChI is InChI=1S/C17H20N4O2/c1-21-17(23)14-10-6-5-9-13(14)15(20-21)16(22)19-18-11-12-7-3-2-4-8-12/h5-6,9-12H,2-4,7-8H2,1H3,(H,19,22)/b18-11-. The molecule has 0 radical (unpaired) electrons. The summed E-state index contributed by atoms with van der Waals surface area (Å²) in [5.41, 5.74) is 2.53. The van der Waals surface area contributed by atoms with Crippen LogP contribution in [0.1, 0.15) is 42.6 Å². The number of hydrogen-bond donors (Lipinski definition) is 1. The Hall–Kier alpha value is -2.50. The molecule has 120 valence electrons. The summed E-state index contributed by atoms with van der Waals surface area (Å²) in [6.45, 7) is 0. The second-order valence-electron chi connectivity index (χ2n) is 5.94. The van der Waals surface area contributed by atoms with Crippen molar-refractivity contribution in [1.82, 2.24) is 15.2 Å². The summed E-state index contributed by atoms with van der Waals surface area (Å²) in [4.78, 5) is 24.4. The predicted octanol–water partition coefficient (Wildman–Crippen LogP) is 2.23. The van der Waals surface area contributed by atoms with Crippen molar-refractivity contribution in [2.24, 2.45) is 18.1 Å². The van der Waals surface area contributed by atoms with E-state index in [2.05, 4.69) is 15.6 Å². The first-order valence-electron chi connectivity index (χ1n) is 7.96. The van der Waals surface area contributed by atoms with Crippen LogP contribution in [-0.2, 0) is 7.05 Å². The molecule has 0 bridgehead atoms.